The average Bonchev–Trinajstić information content (AvgIpc) is 2.36. The standard InChI is InChI=1S/C13H16ClNO2/c1-15-3-2-9-6-12-13(17-5-4-16-12)7-10(9)11(15)8-14/h6-7,11H,2-5,8H2,1H3. The normalized spacial score (nSPS) is 23.3. The van der Waals surface area contributed by atoms with Gasteiger partial charge in [0, 0.05) is 18.5 Å². The molecule has 0 aromatic heterocycles. The predicted octanol–water partition coefficient (Wildman–Crippen LogP) is 2.23. The number of hydrogen-bond acceptors (Lipinski definition) is 3. The fourth-order valence-corrected chi connectivity index (χ4v) is 2.97. The molecule has 3 nitrogen and oxygen atoms in total. The monoisotopic (exact) mass is 253 g/mol. The molecule has 3 rings (SSSR count). The van der Waals surface area contributed by atoms with E-state index in [9.17, 15) is 0 Å². The van der Waals surface area contributed by atoms with Crippen LogP contribution in [0.4, 0.5) is 0 Å². The van der Waals surface area contributed by atoms with Crippen molar-refractivity contribution in [2.24, 2.45) is 0 Å². The number of likely N-dealkylation sites (N-methyl/N-ethyl adjacent to an activating group) is 1. The van der Waals surface area contributed by atoms with Gasteiger partial charge < -0.3 is 9.47 Å². The minimum atomic E-state index is 0.288. The second-order valence-electron chi connectivity index (χ2n) is 4.60. The molecular weight excluding hydrogens is 238 g/mol. The van der Waals surface area contributed by atoms with E-state index >= 15 is 0 Å². The van der Waals surface area contributed by atoms with Gasteiger partial charge in [-0.2, -0.15) is 0 Å². The second kappa shape index (κ2) is 4.39. The highest BCUT2D eigenvalue weighted by Crippen LogP contribution is 2.39. The van der Waals surface area contributed by atoms with E-state index in [0.717, 1.165) is 24.5 Å². The van der Waals surface area contributed by atoms with Crippen molar-refractivity contribution in [3.63, 3.8) is 0 Å². The smallest absolute Gasteiger partial charge is 0.161 e. The van der Waals surface area contributed by atoms with E-state index in [1.165, 1.54) is 11.1 Å². The molecule has 1 aromatic carbocycles. The van der Waals surface area contributed by atoms with Gasteiger partial charge in [0.2, 0.25) is 0 Å². The summed E-state index contributed by atoms with van der Waals surface area (Å²) in [5.74, 6) is 2.36. The Morgan fingerprint density at radius 3 is 2.71 bits per heavy atom. The summed E-state index contributed by atoms with van der Waals surface area (Å²) in [4.78, 5) is 2.30. The quantitative estimate of drug-likeness (QED) is 0.717. The van der Waals surface area contributed by atoms with Gasteiger partial charge in [0.25, 0.3) is 0 Å². The molecule has 0 spiro atoms. The Morgan fingerprint density at radius 1 is 1.29 bits per heavy atom. The summed E-state index contributed by atoms with van der Waals surface area (Å²) in [6, 6.07) is 4.51. The predicted molar refractivity (Wildman–Crippen MR) is 67.2 cm³/mol. The summed E-state index contributed by atoms with van der Waals surface area (Å²) < 4.78 is 11.2. The van der Waals surface area contributed by atoms with Gasteiger partial charge in [-0.25, -0.2) is 0 Å². The number of fused-ring (bicyclic) bond motifs is 2. The highest BCUT2D eigenvalue weighted by atomic mass is 35.5. The van der Waals surface area contributed by atoms with Gasteiger partial charge >= 0.3 is 0 Å². The summed E-state index contributed by atoms with van der Waals surface area (Å²) in [7, 11) is 2.12. The minimum absolute atomic E-state index is 0.288. The van der Waals surface area contributed by atoms with Crippen LogP contribution in [0, 0.1) is 0 Å². The fraction of sp³-hybridized carbons (Fsp3) is 0.538. The van der Waals surface area contributed by atoms with Crippen molar-refractivity contribution < 1.29 is 9.47 Å². The van der Waals surface area contributed by atoms with Crippen LogP contribution in [0.3, 0.4) is 0 Å². The van der Waals surface area contributed by atoms with Gasteiger partial charge in [0.15, 0.2) is 11.5 Å². The van der Waals surface area contributed by atoms with Crippen LogP contribution in [0.5, 0.6) is 11.5 Å². The summed E-state index contributed by atoms with van der Waals surface area (Å²) >= 11 is 6.07. The molecule has 0 saturated heterocycles. The molecule has 1 atom stereocenters. The Morgan fingerprint density at radius 2 is 2.00 bits per heavy atom. The Balaban J connectivity index is 2.05. The van der Waals surface area contributed by atoms with Crippen LogP contribution in [0.2, 0.25) is 0 Å². The largest absolute Gasteiger partial charge is 0.486 e. The van der Waals surface area contributed by atoms with Gasteiger partial charge in [-0.1, -0.05) is 0 Å². The molecule has 0 aliphatic carbocycles. The van der Waals surface area contributed by atoms with E-state index in [-0.39, 0.29) is 6.04 Å². The molecule has 0 fully saturated rings. The third-order valence-electron chi connectivity index (χ3n) is 3.58. The zero-order valence-electron chi connectivity index (χ0n) is 9.91. The van der Waals surface area contributed by atoms with E-state index in [1.54, 1.807) is 0 Å². The number of alkyl halides is 1. The lowest BCUT2D eigenvalue weighted by atomic mass is 9.93. The molecule has 17 heavy (non-hydrogen) atoms. The lowest BCUT2D eigenvalue weighted by molar-refractivity contribution is 0.169. The van der Waals surface area contributed by atoms with Gasteiger partial charge in [-0.15, -0.1) is 11.6 Å². The van der Waals surface area contributed by atoms with Crippen molar-refractivity contribution in [2.75, 3.05) is 32.7 Å². The van der Waals surface area contributed by atoms with E-state index in [0.29, 0.717) is 19.1 Å². The van der Waals surface area contributed by atoms with Crippen LogP contribution in [0.25, 0.3) is 0 Å². The molecule has 1 aromatic rings. The molecular formula is C13H16ClNO2. The Kier molecular flexibility index (Phi) is 2.89. The van der Waals surface area contributed by atoms with Crippen molar-refractivity contribution in [3.05, 3.63) is 23.3 Å². The maximum Gasteiger partial charge on any atom is 0.161 e. The molecule has 0 radical (unpaired) electrons. The maximum atomic E-state index is 6.07. The zero-order chi connectivity index (χ0) is 11.8. The van der Waals surface area contributed by atoms with Gasteiger partial charge in [0.1, 0.15) is 13.2 Å². The second-order valence-corrected chi connectivity index (χ2v) is 4.90. The average molecular weight is 254 g/mol. The molecule has 1 unspecified atom stereocenters. The highest BCUT2D eigenvalue weighted by molar-refractivity contribution is 6.18. The Bertz CT molecular complexity index is 436. The molecule has 0 saturated carbocycles. The summed E-state index contributed by atoms with van der Waals surface area (Å²) in [6.45, 7) is 2.32. The third kappa shape index (κ3) is 1.87. The third-order valence-corrected chi connectivity index (χ3v) is 3.87. The van der Waals surface area contributed by atoms with Gasteiger partial charge in [-0.3, -0.25) is 4.90 Å². The van der Waals surface area contributed by atoms with Gasteiger partial charge in [0.05, 0.1) is 0 Å². The molecule has 0 N–H and O–H groups in total. The SMILES string of the molecule is CN1CCc2cc3c(cc2C1CCl)OCCO3. The van der Waals surface area contributed by atoms with Crippen molar-refractivity contribution >= 4 is 11.6 Å². The van der Waals surface area contributed by atoms with E-state index < -0.39 is 0 Å². The summed E-state index contributed by atoms with van der Waals surface area (Å²) in [5, 5.41) is 0. The molecule has 2 heterocycles. The first-order chi connectivity index (χ1) is 8.29. The fourth-order valence-electron chi connectivity index (χ4n) is 2.56. The number of rotatable bonds is 1. The van der Waals surface area contributed by atoms with E-state index in [1.807, 2.05) is 0 Å². The number of hydrogen-bond donors (Lipinski definition) is 0. The lowest BCUT2D eigenvalue weighted by Crippen LogP contribution is -2.33. The molecule has 92 valence electrons. The van der Waals surface area contributed by atoms with Crippen molar-refractivity contribution in [1.82, 2.24) is 4.90 Å². The number of halogens is 1. The zero-order valence-corrected chi connectivity index (χ0v) is 10.7. The van der Waals surface area contributed by atoms with Crippen LogP contribution in [0.15, 0.2) is 12.1 Å². The molecule has 0 bridgehead atoms. The first-order valence-electron chi connectivity index (χ1n) is 5.98. The number of nitrogens with zero attached hydrogens (tertiary/aromatic N) is 1. The minimum Gasteiger partial charge on any atom is -0.486 e. The number of benzene rings is 1. The summed E-state index contributed by atoms with van der Waals surface area (Å²) in [6.07, 6.45) is 1.05. The maximum absolute atomic E-state index is 6.07. The van der Waals surface area contributed by atoms with Crippen LogP contribution in [-0.4, -0.2) is 37.6 Å². The topological polar surface area (TPSA) is 21.7 Å². The summed E-state index contributed by atoms with van der Waals surface area (Å²) in [5.41, 5.74) is 2.64. The lowest BCUT2D eigenvalue weighted by Gasteiger charge is -2.34. The van der Waals surface area contributed by atoms with Gasteiger partial charge in [-0.05, 0) is 36.7 Å². The molecule has 2 aliphatic rings. The van der Waals surface area contributed by atoms with Crippen LogP contribution >= 0.6 is 11.6 Å². The highest BCUT2D eigenvalue weighted by Gasteiger charge is 2.26. The van der Waals surface area contributed by atoms with Crippen molar-refractivity contribution in [1.29, 1.82) is 0 Å². The Labute approximate surface area is 106 Å². The van der Waals surface area contributed by atoms with Crippen LogP contribution in [0.1, 0.15) is 17.2 Å². The van der Waals surface area contributed by atoms with E-state index in [4.69, 9.17) is 21.1 Å². The van der Waals surface area contributed by atoms with E-state index in [2.05, 4.69) is 24.1 Å². The van der Waals surface area contributed by atoms with Crippen molar-refractivity contribution in [2.45, 2.75) is 12.5 Å². The van der Waals surface area contributed by atoms with Crippen LogP contribution in [-0.2, 0) is 6.42 Å². The molecule has 4 heteroatoms. The Hall–Kier alpha value is -0.930. The van der Waals surface area contributed by atoms with Crippen molar-refractivity contribution in [3.8, 4) is 11.5 Å². The molecule has 2 aliphatic heterocycles. The van der Waals surface area contributed by atoms with Crippen LogP contribution < -0.4 is 9.47 Å². The first kappa shape index (κ1) is 11.2. The molecule has 0 amide bonds. The number of ether oxygens (including phenoxy) is 2. The first-order valence-corrected chi connectivity index (χ1v) is 6.51.